The molecular weight excluding hydrogens is 182 g/mol. The number of nitrogens with zero attached hydrogens (tertiary/aromatic N) is 4. The van der Waals surface area contributed by atoms with Gasteiger partial charge in [-0.1, -0.05) is 5.16 Å². The molecule has 0 saturated heterocycles. The lowest BCUT2D eigenvalue weighted by molar-refractivity contribution is 0.424. The maximum absolute atomic E-state index is 5.43. The monoisotopic (exact) mass is 191 g/mol. The lowest BCUT2D eigenvalue weighted by atomic mass is 10.4. The Morgan fingerprint density at radius 1 is 1.36 bits per heavy atom. The first-order chi connectivity index (χ1) is 6.79. The smallest absolute Gasteiger partial charge is 0.278 e. The van der Waals surface area contributed by atoms with E-state index in [0.29, 0.717) is 29.6 Å². The molecule has 0 radical (unpaired) electrons. The molecule has 2 heterocycles. The molecule has 6 heteroatoms. The van der Waals surface area contributed by atoms with E-state index in [-0.39, 0.29) is 0 Å². The normalized spacial score (nSPS) is 10.4. The third-order valence-electron chi connectivity index (χ3n) is 1.64. The van der Waals surface area contributed by atoms with Crippen molar-refractivity contribution in [3.05, 3.63) is 23.9 Å². The average molecular weight is 191 g/mol. The van der Waals surface area contributed by atoms with Gasteiger partial charge >= 0.3 is 0 Å². The second-order valence-corrected chi connectivity index (χ2v) is 2.75. The molecule has 14 heavy (non-hydrogen) atoms. The van der Waals surface area contributed by atoms with Crippen LogP contribution in [0.15, 0.2) is 16.9 Å². The maximum atomic E-state index is 5.43. The van der Waals surface area contributed by atoms with Gasteiger partial charge in [0, 0.05) is 12.7 Å². The van der Waals surface area contributed by atoms with E-state index in [1.54, 1.807) is 19.3 Å². The molecule has 0 bridgehead atoms. The summed E-state index contributed by atoms with van der Waals surface area (Å²) in [5, 5.41) is 3.66. The van der Waals surface area contributed by atoms with Crippen molar-refractivity contribution in [2.75, 3.05) is 0 Å². The molecule has 6 nitrogen and oxygen atoms in total. The molecule has 0 spiro atoms. The number of hydrogen-bond donors (Lipinski definition) is 1. The molecule has 0 amide bonds. The van der Waals surface area contributed by atoms with E-state index in [2.05, 4.69) is 20.1 Å². The minimum Gasteiger partial charge on any atom is -0.332 e. The lowest BCUT2D eigenvalue weighted by Crippen LogP contribution is -2.01. The first-order valence-electron chi connectivity index (χ1n) is 4.11. The van der Waals surface area contributed by atoms with Crippen molar-refractivity contribution in [1.82, 2.24) is 20.1 Å². The van der Waals surface area contributed by atoms with Crippen LogP contribution in [-0.2, 0) is 6.54 Å². The molecule has 0 saturated carbocycles. The minimum absolute atomic E-state index is 0.341. The molecule has 0 aromatic carbocycles. The highest BCUT2D eigenvalue weighted by atomic mass is 16.5. The van der Waals surface area contributed by atoms with Gasteiger partial charge in [0.2, 0.25) is 0 Å². The second-order valence-electron chi connectivity index (χ2n) is 2.75. The molecule has 2 aromatic rings. The Morgan fingerprint density at radius 2 is 2.21 bits per heavy atom. The zero-order valence-electron chi connectivity index (χ0n) is 7.64. The summed E-state index contributed by atoms with van der Waals surface area (Å²) in [6.07, 6.45) is 3.17. The van der Waals surface area contributed by atoms with Gasteiger partial charge in [-0.3, -0.25) is 4.98 Å². The summed E-state index contributed by atoms with van der Waals surface area (Å²) in [5.74, 6) is 0.935. The van der Waals surface area contributed by atoms with E-state index in [1.165, 1.54) is 0 Å². The molecule has 0 aliphatic heterocycles. The van der Waals surface area contributed by atoms with E-state index in [0.717, 1.165) is 0 Å². The van der Waals surface area contributed by atoms with Gasteiger partial charge in [0.25, 0.3) is 5.89 Å². The molecule has 0 fully saturated rings. The fourth-order valence-corrected chi connectivity index (χ4v) is 1.01. The van der Waals surface area contributed by atoms with Crippen molar-refractivity contribution < 1.29 is 4.52 Å². The van der Waals surface area contributed by atoms with Crippen LogP contribution in [0.1, 0.15) is 11.5 Å². The van der Waals surface area contributed by atoms with Crippen molar-refractivity contribution in [1.29, 1.82) is 0 Å². The summed E-state index contributed by atoms with van der Waals surface area (Å²) in [6.45, 7) is 2.08. The predicted molar refractivity (Wildman–Crippen MR) is 48.0 cm³/mol. The number of aromatic nitrogens is 4. The lowest BCUT2D eigenvalue weighted by Gasteiger charge is -1.96. The van der Waals surface area contributed by atoms with Crippen LogP contribution < -0.4 is 5.73 Å². The Labute approximate surface area is 80.2 Å². The molecule has 0 aliphatic carbocycles. The van der Waals surface area contributed by atoms with Crippen LogP contribution in [0.4, 0.5) is 0 Å². The largest absolute Gasteiger partial charge is 0.332 e. The Kier molecular flexibility index (Phi) is 2.19. The number of nitrogens with two attached hydrogens (primary N) is 1. The summed E-state index contributed by atoms with van der Waals surface area (Å²) >= 11 is 0. The fourth-order valence-electron chi connectivity index (χ4n) is 1.01. The van der Waals surface area contributed by atoms with Gasteiger partial charge in [-0.2, -0.15) is 4.98 Å². The third kappa shape index (κ3) is 1.60. The van der Waals surface area contributed by atoms with Gasteiger partial charge in [0.1, 0.15) is 5.69 Å². The molecular formula is C8H9N5O. The van der Waals surface area contributed by atoms with Crippen LogP contribution in [0.5, 0.6) is 0 Å². The van der Waals surface area contributed by atoms with Crippen LogP contribution in [0.2, 0.25) is 0 Å². The predicted octanol–water partition coefficient (Wildman–Crippen LogP) is 0.294. The van der Waals surface area contributed by atoms with Gasteiger partial charge in [0.15, 0.2) is 5.82 Å². The van der Waals surface area contributed by atoms with Crippen LogP contribution in [0.3, 0.4) is 0 Å². The van der Waals surface area contributed by atoms with Gasteiger partial charge in [-0.25, -0.2) is 4.98 Å². The molecule has 0 atom stereocenters. The van der Waals surface area contributed by atoms with Gasteiger partial charge in [0.05, 0.1) is 11.9 Å². The number of rotatable bonds is 2. The first-order valence-corrected chi connectivity index (χ1v) is 4.11. The third-order valence-corrected chi connectivity index (χ3v) is 1.64. The van der Waals surface area contributed by atoms with Gasteiger partial charge in [-0.05, 0) is 6.92 Å². The second kappa shape index (κ2) is 3.51. The van der Waals surface area contributed by atoms with Crippen LogP contribution in [0.25, 0.3) is 11.6 Å². The van der Waals surface area contributed by atoms with E-state index in [4.69, 9.17) is 10.3 Å². The fraction of sp³-hybridized carbons (Fsp3) is 0.250. The van der Waals surface area contributed by atoms with Crippen molar-refractivity contribution in [3.63, 3.8) is 0 Å². The quantitative estimate of drug-likeness (QED) is 0.733. The maximum Gasteiger partial charge on any atom is 0.278 e. The SMILES string of the molecule is Cc1noc(-c2cncc(CN)n2)n1. The summed E-state index contributed by atoms with van der Waals surface area (Å²) in [6, 6.07) is 0. The van der Waals surface area contributed by atoms with E-state index >= 15 is 0 Å². The number of aryl methyl sites for hydroxylation is 1. The summed E-state index contributed by atoms with van der Waals surface area (Å²) in [7, 11) is 0. The Hall–Kier alpha value is -1.82. The summed E-state index contributed by atoms with van der Waals surface area (Å²) in [5.41, 5.74) is 6.68. The van der Waals surface area contributed by atoms with Crippen LogP contribution in [-0.4, -0.2) is 20.1 Å². The van der Waals surface area contributed by atoms with Gasteiger partial charge in [-0.15, -0.1) is 0 Å². The highest BCUT2D eigenvalue weighted by molar-refractivity contribution is 5.44. The average Bonchev–Trinajstić information content (AvgIpc) is 2.65. The first kappa shape index (κ1) is 8.76. The highest BCUT2D eigenvalue weighted by Crippen LogP contribution is 2.12. The molecule has 0 aliphatic rings. The minimum atomic E-state index is 0.341. The zero-order chi connectivity index (χ0) is 9.97. The Bertz CT molecular complexity index is 439. The standard InChI is InChI=1S/C8H9N5O/c1-5-11-8(14-13-5)7-4-10-3-6(2-9)12-7/h3-4H,2,9H2,1H3. The molecule has 2 N–H and O–H groups in total. The van der Waals surface area contributed by atoms with Crippen molar-refractivity contribution >= 4 is 0 Å². The van der Waals surface area contributed by atoms with Crippen LogP contribution >= 0.6 is 0 Å². The van der Waals surface area contributed by atoms with Crippen LogP contribution in [0, 0.1) is 6.92 Å². The molecule has 0 unspecified atom stereocenters. The van der Waals surface area contributed by atoms with Crippen molar-refractivity contribution in [2.45, 2.75) is 13.5 Å². The molecule has 72 valence electrons. The highest BCUT2D eigenvalue weighted by Gasteiger charge is 2.08. The summed E-state index contributed by atoms with van der Waals surface area (Å²) in [4.78, 5) is 12.2. The van der Waals surface area contributed by atoms with E-state index < -0.39 is 0 Å². The topological polar surface area (TPSA) is 90.7 Å². The molecule has 2 aromatic heterocycles. The van der Waals surface area contributed by atoms with Gasteiger partial charge < -0.3 is 10.3 Å². The molecule has 2 rings (SSSR count). The van der Waals surface area contributed by atoms with Crippen molar-refractivity contribution in [2.24, 2.45) is 5.73 Å². The zero-order valence-corrected chi connectivity index (χ0v) is 7.64. The number of hydrogen-bond acceptors (Lipinski definition) is 6. The Morgan fingerprint density at radius 3 is 2.86 bits per heavy atom. The Balaban J connectivity index is 2.41. The summed E-state index contributed by atoms with van der Waals surface area (Å²) < 4.78 is 4.95. The van der Waals surface area contributed by atoms with E-state index in [1.807, 2.05) is 0 Å². The van der Waals surface area contributed by atoms with E-state index in [9.17, 15) is 0 Å². The van der Waals surface area contributed by atoms with Crippen molar-refractivity contribution in [3.8, 4) is 11.6 Å².